The van der Waals surface area contributed by atoms with Crippen LogP contribution in [0.1, 0.15) is 16.5 Å². The largest absolute Gasteiger partial charge is 0.309 e. The van der Waals surface area contributed by atoms with Gasteiger partial charge in [-0.25, -0.2) is 4.39 Å². The first kappa shape index (κ1) is 13.0. The Balaban J connectivity index is 2.41. The summed E-state index contributed by atoms with van der Waals surface area (Å²) in [6.45, 7) is 0. The van der Waals surface area contributed by atoms with Crippen molar-refractivity contribution in [3.8, 4) is 0 Å². The number of halogens is 3. The van der Waals surface area contributed by atoms with Crippen LogP contribution in [0.25, 0.3) is 0 Å². The van der Waals surface area contributed by atoms with Gasteiger partial charge in [-0.15, -0.1) is 11.3 Å². The van der Waals surface area contributed by atoms with Crippen LogP contribution >= 0.6 is 38.9 Å². The third-order valence-electron chi connectivity index (χ3n) is 2.39. The van der Waals surface area contributed by atoms with Gasteiger partial charge < -0.3 is 5.32 Å². The number of hydrogen-bond acceptors (Lipinski definition) is 2. The van der Waals surface area contributed by atoms with Crippen molar-refractivity contribution in [2.45, 2.75) is 6.04 Å². The van der Waals surface area contributed by atoms with Crippen molar-refractivity contribution in [1.29, 1.82) is 0 Å². The lowest BCUT2D eigenvalue weighted by molar-refractivity contribution is 0.617. The van der Waals surface area contributed by atoms with E-state index >= 15 is 0 Å². The highest BCUT2D eigenvalue weighted by atomic mass is 79.9. The van der Waals surface area contributed by atoms with Gasteiger partial charge in [-0.3, -0.25) is 0 Å². The molecule has 0 aliphatic carbocycles. The monoisotopic (exact) mass is 333 g/mol. The minimum absolute atomic E-state index is 0.0421. The zero-order valence-corrected chi connectivity index (χ0v) is 12.2. The SMILES string of the molecule is CNC(c1cc(F)cc(Br)c1)c1ccc(Cl)s1. The minimum atomic E-state index is -0.253. The predicted molar refractivity (Wildman–Crippen MR) is 74.3 cm³/mol. The number of benzene rings is 1. The number of hydrogen-bond donors (Lipinski definition) is 1. The summed E-state index contributed by atoms with van der Waals surface area (Å²) in [7, 11) is 1.84. The molecule has 1 atom stereocenters. The van der Waals surface area contributed by atoms with E-state index < -0.39 is 0 Å². The Morgan fingerprint density at radius 3 is 2.65 bits per heavy atom. The van der Waals surface area contributed by atoms with Gasteiger partial charge in [0.1, 0.15) is 5.82 Å². The maximum atomic E-state index is 13.4. The minimum Gasteiger partial charge on any atom is -0.309 e. The van der Waals surface area contributed by atoms with Crippen molar-refractivity contribution in [3.63, 3.8) is 0 Å². The van der Waals surface area contributed by atoms with Crippen LogP contribution in [-0.4, -0.2) is 7.05 Å². The molecule has 2 aromatic rings. The lowest BCUT2D eigenvalue weighted by atomic mass is 10.1. The van der Waals surface area contributed by atoms with E-state index in [0.717, 1.165) is 19.2 Å². The fourth-order valence-electron chi connectivity index (χ4n) is 1.70. The van der Waals surface area contributed by atoms with E-state index in [1.807, 2.05) is 25.2 Å². The molecule has 0 aliphatic heterocycles. The van der Waals surface area contributed by atoms with Crippen LogP contribution in [0.15, 0.2) is 34.8 Å². The van der Waals surface area contributed by atoms with E-state index in [4.69, 9.17) is 11.6 Å². The summed E-state index contributed by atoms with van der Waals surface area (Å²) >= 11 is 10.7. The molecular weight excluding hydrogens is 325 g/mol. The van der Waals surface area contributed by atoms with E-state index in [2.05, 4.69) is 21.2 Å². The molecule has 17 heavy (non-hydrogen) atoms. The third-order valence-corrected chi connectivity index (χ3v) is 4.14. The number of nitrogens with one attached hydrogen (secondary N) is 1. The van der Waals surface area contributed by atoms with E-state index in [-0.39, 0.29) is 11.9 Å². The van der Waals surface area contributed by atoms with Gasteiger partial charge in [0.25, 0.3) is 0 Å². The van der Waals surface area contributed by atoms with E-state index in [9.17, 15) is 4.39 Å². The molecule has 1 nitrogen and oxygen atoms in total. The van der Waals surface area contributed by atoms with Gasteiger partial charge in [0.05, 0.1) is 10.4 Å². The van der Waals surface area contributed by atoms with Gasteiger partial charge in [-0.1, -0.05) is 27.5 Å². The molecule has 2 rings (SSSR count). The Morgan fingerprint density at radius 2 is 2.12 bits per heavy atom. The fourth-order valence-corrected chi connectivity index (χ4v) is 3.38. The molecule has 1 unspecified atom stereocenters. The fraction of sp³-hybridized carbons (Fsp3) is 0.167. The van der Waals surface area contributed by atoms with Crippen LogP contribution < -0.4 is 5.32 Å². The van der Waals surface area contributed by atoms with E-state index in [0.29, 0.717) is 0 Å². The molecule has 1 heterocycles. The first-order chi connectivity index (χ1) is 8.10. The molecule has 1 N–H and O–H groups in total. The Morgan fingerprint density at radius 1 is 1.35 bits per heavy atom. The zero-order valence-electron chi connectivity index (χ0n) is 9.01. The molecule has 0 amide bonds. The Bertz CT molecular complexity index is 509. The van der Waals surface area contributed by atoms with Crippen LogP contribution in [0.4, 0.5) is 4.39 Å². The summed E-state index contributed by atoms with van der Waals surface area (Å²) in [6, 6.07) is 8.63. The van der Waals surface area contributed by atoms with Gasteiger partial charge in [0, 0.05) is 9.35 Å². The van der Waals surface area contributed by atoms with E-state index in [1.165, 1.54) is 23.5 Å². The second kappa shape index (κ2) is 5.48. The second-order valence-electron chi connectivity index (χ2n) is 3.57. The van der Waals surface area contributed by atoms with Crippen molar-refractivity contribution < 1.29 is 4.39 Å². The average molecular weight is 335 g/mol. The predicted octanol–water partition coefficient (Wildman–Crippen LogP) is 4.61. The van der Waals surface area contributed by atoms with Gasteiger partial charge >= 0.3 is 0 Å². The first-order valence-corrected chi connectivity index (χ1v) is 6.97. The summed E-state index contributed by atoms with van der Waals surface area (Å²) in [6.07, 6.45) is 0. The second-order valence-corrected chi connectivity index (χ2v) is 6.23. The van der Waals surface area contributed by atoms with Crippen molar-refractivity contribution in [3.05, 3.63) is 55.4 Å². The Kier molecular flexibility index (Phi) is 4.20. The first-order valence-electron chi connectivity index (χ1n) is 4.98. The normalized spacial score (nSPS) is 12.7. The summed E-state index contributed by atoms with van der Waals surface area (Å²) in [5, 5.41) is 3.17. The highest BCUT2D eigenvalue weighted by molar-refractivity contribution is 9.10. The molecule has 0 spiro atoms. The molecule has 5 heteroatoms. The van der Waals surface area contributed by atoms with Crippen molar-refractivity contribution in [1.82, 2.24) is 5.32 Å². The maximum absolute atomic E-state index is 13.4. The highest BCUT2D eigenvalue weighted by Gasteiger charge is 2.15. The summed E-state index contributed by atoms with van der Waals surface area (Å²) in [5.41, 5.74) is 0.873. The molecule has 0 fully saturated rings. The highest BCUT2D eigenvalue weighted by Crippen LogP contribution is 2.32. The van der Waals surface area contributed by atoms with Gasteiger partial charge in [0.15, 0.2) is 0 Å². The molecule has 1 aromatic carbocycles. The van der Waals surface area contributed by atoms with Crippen LogP contribution in [0.3, 0.4) is 0 Å². The number of thiophene rings is 1. The summed E-state index contributed by atoms with van der Waals surface area (Å²) < 4.78 is 14.8. The molecule has 0 saturated carbocycles. The van der Waals surface area contributed by atoms with Crippen LogP contribution in [-0.2, 0) is 0 Å². The van der Waals surface area contributed by atoms with Crippen LogP contribution in [0.2, 0.25) is 4.34 Å². The Labute approximate surface area is 117 Å². The van der Waals surface area contributed by atoms with Gasteiger partial charge in [0.2, 0.25) is 0 Å². The van der Waals surface area contributed by atoms with Gasteiger partial charge in [-0.2, -0.15) is 0 Å². The average Bonchev–Trinajstić information content (AvgIpc) is 2.64. The lowest BCUT2D eigenvalue weighted by Crippen LogP contribution is -2.16. The molecule has 0 aliphatic rings. The quantitative estimate of drug-likeness (QED) is 0.864. The van der Waals surface area contributed by atoms with Crippen molar-refractivity contribution in [2.24, 2.45) is 0 Å². The Hall–Kier alpha value is -0.420. The molecule has 0 bridgehead atoms. The zero-order chi connectivity index (χ0) is 12.4. The maximum Gasteiger partial charge on any atom is 0.124 e. The van der Waals surface area contributed by atoms with Crippen molar-refractivity contribution in [2.75, 3.05) is 7.05 Å². The third kappa shape index (κ3) is 3.07. The summed E-state index contributed by atoms with van der Waals surface area (Å²) in [4.78, 5) is 1.06. The molecule has 0 saturated heterocycles. The molecule has 90 valence electrons. The lowest BCUT2D eigenvalue weighted by Gasteiger charge is -2.15. The van der Waals surface area contributed by atoms with Crippen LogP contribution in [0.5, 0.6) is 0 Å². The van der Waals surface area contributed by atoms with E-state index in [1.54, 1.807) is 0 Å². The molecular formula is C12H10BrClFNS. The smallest absolute Gasteiger partial charge is 0.124 e. The topological polar surface area (TPSA) is 12.0 Å². The molecule has 0 radical (unpaired) electrons. The van der Waals surface area contributed by atoms with Crippen LogP contribution in [0, 0.1) is 5.82 Å². The van der Waals surface area contributed by atoms with Gasteiger partial charge in [-0.05, 0) is 42.9 Å². The van der Waals surface area contributed by atoms with Crippen molar-refractivity contribution >= 4 is 38.9 Å². The molecule has 1 aromatic heterocycles. The standard InChI is InChI=1S/C12H10BrClFNS/c1-16-12(10-2-3-11(14)17-10)7-4-8(13)6-9(15)5-7/h2-6,12,16H,1H3. The summed E-state index contributed by atoms with van der Waals surface area (Å²) in [5.74, 6) is -0.253. The number of rotatable bonds is 3.